The third kappa shape index (κ3) is 2.58. The van der Waals surface area contributed by atoms with Gasteiger partial charge in [-0.1, -0.05) is 13.3 Å². The molecule has 0 saturated carbocycles. The molecule has 4 nitrogen and oxygen atoms in total. The minimum Gasteiger partial charge on any atom is -0.497 e. The van der Waals surface area contributed by atoms with Gasteiger partial charge in [0.25, 0.3) is 0 Å². The van der Waals surface area contributed by atoms with Crippen LogP contribution in [0.1, 0.15) is 37.8 Å². The summed E-state index contributed by atoms with van der Waals surface area (Å²) in [5.41, 5.74) is 8.98. The summed E-state index contributed by atoms with van der Waals surface area (Å²) in [5, 5.41) is 1.12. The van der Waals surface area contributed by atoms with Crippen LogP contribution in [0.4, 0.5) is 0 Å². The second kappa shape index (κ2) is 6.34. The van der Waals surface area contributed by atoms with Crippen molar-refractivity contribution in [2.24, 2.45) is 17.6 Å². The van der Waals surface area contributed by atoms with Gasteiger partial charge in [-0.25, -0.2) is 0 Å². The number of hydrogen-bond acceptors (Lipinski definition) is 4. The van der Waals surface area contributed by atoms with Crippen molar-refractivity contribution >= 4 is 10.9 Å². The number of benzene rings is 1. The number of nitrogens with two attached hydrogens (primary N) is 1. The molecule has 1 aromatic carbocycles. The first-order valence-electron chi connectivity index (χ1n) is 9.13. The van der Waals surface area contributed by atoms with Crippen LogP contribution in [-0.2, 0) is 0 Å². The van der Waals surface area contributed by atoms with Crippen molar-refractivity contribution in [3.8, 4) is 5.75 Å². The summed E-state index contributed by atoms with van der Waals surface area (Å²) in [7, 11) is 1.70. The number of methoxy groups -OCH3 is 1. The van der Waals surface area contributed by atoms with E-state index in [1.54, 1.807) is 7.11 Å². The van der Waals surface area contributed by atoms with E-state index in [0.29, 0.717) is 6.04 Å². The molecule has 3 fully saturated rings. The molecule has 4 heterocycles. The van der Waals surface area contributed by atoms with Gasteiger partial charge in [-0.2, -0.15) is 0 Å². The molecule has 2 aromatic rings. The fourth-order valence-electron chi connectivity index (χ4n) is 4.79. The Morgan fingerprint density at radius 1 is 1.38 bits per heavy atom. The van der Waals surface area contributed by atoms with E-state index in [1.165, 1.54) is 37.9 Å². The molecular weight excluding hydrogens is 298 g/mol. The van der Waals surface area contributed by atoms with Crippen LogP contribution in [0.3, 0.4) is 0 Å². The molecule has 0 spiro atoms. The first-order chi connectivity index (χ1) is 11.7. The molecule has 0 radical (unpaired) electrons. The second-order valence-electron chi connectivity index (χ2n) is 7.32. The number of nitrogens with zero attached hydrogens (tertiary/aromatic N) is 2. The Morgan fingerprint density at radius 2 is 2.25 bits per heavy atom. The van der Waals surface area contributed by atoms with Crippen LogP contribution < -0.4 is 10.5 Å². The highest BCUT2D eigenvalue weighted by Crippen LogP contribution is 2.42. The van der Waals surface area contributed by atoms with Crippen molar-refractivity contribution in [3.63, 3.8) is 0 Å². The molecule has 4 heteroatoms. The lowest BCUT2D eigenvalue weighted by atomic mass is 9.72. The topological polar surface area (TPSA) is 51.4 Å². The van der Waals surface area contributed by atoms with Crippen molar-refractivity contribution in [2.45, 2.75) is 38.3 Å². The molecule has 0 amide bonds. The molecule has 3 aliphatic rings. The zero-order valence-corrected chi connectivity index (χ0v) is 14.6. The van der Waals surface area contributed by atoms with Crippen LogP contribution in [-0.4, -0.2) is 36.1 Å². The summed E-state index contributed by atoms with van der Waals surface area (Å²) in [5.74, 6) is 2.57. The lowest BCUT2D eigenvalue weighted by Gasteiger charge is -2.51. The molecular formula is C20H27N3O. The van der Waals surface area contributed by atoms with Gasteiger partial charge in [-0.15, -0.1) is 0 Å². The zero-order chi connectivity index (χ0) is 16.7. The molecule has 0 aliphatic carbocycles. The largest absolute Gasteiger partial charge is 0.497 e. The molecule has 24 heavy (non-hydrogen) atoms. The molecule has 128 valence electrons. The van der Waals surface area contributed by atoms with Gasteiger partial charge in [0.05, 0.1) is 12.6 Å². The number of pyridine rings is 1. The summed E-state index contributed by atoms with van der Waals surface area (Å²) in [6.07, 6.45) is 5.74. The number of rotatable bonds is 4. The van der Waals surface area contributed by atoms with E-state index in [4.69, 9.17) is 10.5 Å². The number of ether oxygens (including phenoxy) is 1. The highest BCUT2D eigenvalue weighted by molar-refractivity contribution is 5.84. The minimum absolute atomic E-state index is 0.0308. The Balaban J connectivity index is 1.68. The van der Waals surface area contributed by atoms with Gasteiger partial charge < -0.3 is 10.5 Å². The molecule has 5 atom stereocenters. The SMILES string of the molecule is CCC1CN2CCC1C[C@H]2[C@H](N)c1ccnc2ccc(OC)cc12. The standard InChI is InChI=1S/C20H27N3O/c1-3-13-12-23-9-7-14(13)10-19(23)20(21)16-6-8-22-18-5-4-15(24-2)11-17(16)18/h4-6,8,11,13-14,19-20H,3,7,9-10,12,21H2,1-2H3/t13?,14?,19-,20+/m0/s1. The van der Waals surface area contributed by atoms with E-state index in [-0.39, 0.29) is 6.04 Å². The van der Waals surface area contributed by atoms with Gasteiger partial charge in [0.15, 0.2) is 0 Å². The maximum absolute atomic E-state index is 6.79. The van der Waals surface area contributed by atoms with E-state index in [1.807, 2.05) is 18.3 Å². The number of piperidine rings is 3. The number of fused-ring (bicyclic) bond motifs is 4. The fourth-order valence-corrected chi connectivity index (χ4v) is 4.79. The molecule has 3 aliphatic heterocycles. The van der Waals surface area contributed by atoms with E-state index in [9.17, 15) is 0 Å². The highest BCUT2D eigenvalue weighted by Gasteiger charge is 2.41. The molecule has 5 rings (SSSR count). The predicted octanol–water partition coefficient (Wildman–Crippen LogP) is 3.36. The fraction of sp³-hybridized carbons (Fsp3) is 0.550. The first-order valence-corrected chi connectivity index (χ1v) is 9.13. The smallest absolute Gasteiger partial charge is 0.119 e. The minimum atomic E-state index is 0.0308. The summed E-state index contributed by atoms with van der Waals surface area (Å²) in [6, 6.07) is 8.62. The Bertz CT molecular complexity index is 732. The van der Waals surface area contributed by atoms with Gasteiger partial charge >= 0.3 is 0 Å². The normalized spacial score (nSPS) is 30.5. The van der Waals surface area contributed by atoms with Crippen LogP contribution in [0.15, 0.2) is 30.5 Å². The van der Waals surface area contributed by atoms with E-state index in [0.717, 1.165) is 28.5 Å². The van der Waals surface area contributed by atoms with Gasteiger partial charge in [0.1, 0.15) is 5.75 Å². The third-order valence-electron chi connectivity index (χ3n) is 6.22. The maximum Gasteiger partial charge on any atom is 0.119 e. The Hall–Kier alpha value is -1.65. The Morgan fingerprint density at radius 3 is 2.96 bits per heavy atom. The van der Waals surface area contributed by atoms with Crippen molar-refractivity contribution in [3.05, 3.63) is 36.0 Å². The van der Waals surface area contributed by atoms with Crippen molar-refractivity contribution < 1.29 is 4.74 Å². The second-order valence-corrected chi connectivity index (χ2v) is 7.32. The lowest BCUT2D eigenvalue weighted by Crippen LogP contribution is -2.56. The zero-order valence-electron chi connectivity index (χ0n) is 14.6. The van der Waals surface area contributed by atoms with Crippen molar-refractivity contribution in [2.75, 3.05) is 20.2 Å². The van der Waals surface area contributed by atoms with Crippen molar-refractivity contribution in [1.29, 1.82) is 0 Å². The lowest BCUT2D eigenvalue weighted by molar-refractivity contribution is -0.0105. The monoisotopic (exact) mass is 325 g/mol. The number of aromatic nitrogens is 1. The van der Waals surface area contributed by atoms with Crippen LogP contribution in [0.25, 0.3) is 10.9 Å². The van der Waals surface area contributed by atoms with Crippen LogP contribution >= 0.6 is 0 Å². The van der Waals surface area contributed by atoms with Crippen LogP contribution in [0, 0.1) is 11.8 Å². The quantitative estimate of drug-likeness (QED) is 0.936. The Kier molecular flexibility index (Phi) is 4.19. The molecule has 2 N–H and O–H groups in total. The highest BCUT2D eigenvalue weighted by atomic mass is 16.5. The molecule has 1 aromatic heterocycles. The summed E-state index contributed by atoms with van der Waals surface area (Å²) in [4.78, 5) is 7.12. The Labute approximate surface area is 144 Å². The van der Waals surface area contributed by atoms with Crippen LogP contribution in [0.2, 0.25) is 0 Å². The van der Waals surface area contributed by atoms with E-state index >= 15 is 0 Å². The maximum atomic E-state index is 6.79. The third-order valence-corrected chi connectivity index (χ3v) is 6.22. The van der Waals surface area contributed by atoms with Crippen molar-refractivity contribution in [1.82, 2.24) is 9.88 Å². The molecule has 3 unspecified atom stereocenters. The summed E-state index contributed by atoms with van der Waals surface area (Å²) < 4.78 is 5.40. The average molecular weight is 325 g/mol. The van der Waals surface area contributed by atoms with Crippen LogP contribution in [0.5, 0.6) is 5.75 Å². The van der Waals surface area contributed by atoms with Gasteiger partial charge in [-0.05, 0) is 61.1 Å². The molecule has 3 saturated heterocycles. The average Bonchev–Trinajstić information content (AvgIpc) is 2.66. The number of hydrogen-bond donors (Lipinski definition) is 1. The molecule has 2 bridgehead atoms. The van der Waals surface area contributed by atoms with Gasteiger partial charge in [-0.3, -0.25) is 9.88 Å². The first kappa shape index (κ1) is 15.9. The summed E-state index contributed by atoms with van der Waals surface area (Å²) >= 11 is 0. The van der Waals surface area contributed by atoms with Gasteiger partial charge in [0, 0.05) is 30.2 Å². The predicted molar refractivity (Wildman–Crippen MR) is 97.1 cm³/mol. The van der Waals surface area contributed by atoms with Gasteiger partial charge in [0.2, 0.25) is 0 Å². The van der Waals surface area contributed by atoms with E-state index < -0.39 is 0 Å². The van der Waals surface area contributed by atoms with E-state index in [2.05, 4.69) is 28.9 Å². The summed E-state index contributed by atoms with van der Waals surface area (Å²) in [6.45, 7) is 4.74.